The van der Waals surface area contributed by atoms with Crippen molar-refractivity contribution in [2.24, 2.45) is 0 Å². The third-order valence-corrected chi connectivity index (χ3v) is 4.26. The summed E-state index contributed by atoms with van der Waals surface area (Å²) in [6, 6.07) is 3.17. The number of ether oxygens (including phenoxy) is 2. The zero-order chi connectivity index (χ0) is 17.0. The molecule has 0 spiro atoms. The number of aliphatic hydroxyl groups excluding tert-OH is 1. The molecule has 0 unspecified atom stereocenters. The number of hydrogen-bond donors (Lipinski definition) is 3. The topological polar surface area (TPSA) is 123 Å². The number of nitrogens with one attached hydrogen (secondary N) is 2. The number of anilines is 1. The number of aliphatic hydroxyl groups is 1. The molecule has 9 heteroatoms. The van der Waals surface area contributed by atoms with Crippen molar-refractivity contribution in [1.82, 2.24) is 10.2 Å². The summed E-state index contributed by atoms with van der Waals surface area (Å²) >= 11 is 0. The van der Waals surface area contributed by atoms with E-state index in [4.69, 9.17) is 14.6 Å². The molecule has 1 aliphatic heterocycles. The van der Waals surface area contributed by atoms with Gasteiger partial charge in [-0.2, -0.15) is 5.10 Å². The van der Waals surface area contributed by atoms with E-state index in [1.807, 2.05) is 0 Å². The Hall–Kier alpha value is -2.23. The largest absolute Gasteiger partial charge is 0.394 e. The minimum absolute atomic E-state index is 0.00623. The fraction of sp³-hybridized carbons (Fsp3) is 0.533. The number of H-pyrrole nitrogens is 1. The van der Waals surface area contributed by atoms with E-state index in [9.17, 15) is 10.1 Å². The van der Waals surface area contributed by atoms with Gasteiger partial charge in [0.05, 0.1) is 35.5 Å². The SMILES string of the molecule is O=[N+]([O-])c1cc2cn[nH]c2cc1NCC1(OCCO)CCOCC1. The van der Waals surface area contributed by atoms with Crippen LogP contribution in [0.25, 0.3) is 10.9 Å². The van der Waals surface area contributed by atoms with E-state index >= 15 is 0 Å². The number of rotatable bonds is 7. The molecule has 0 bridgehead atoms. The smallest absolute Gasteiger partial charge is 0.293 e. The molecule has 0 atom stereocenters. The van der Waals surface area contributed by atoms with Gasteiger partial charge in [0.15, 0.2) is 0 Å². The third kappa shape index (κ3) is 3.48. The van der Waals surface area contributed by atoms with Gasteiger partial charge in [0.1, 0.15) is 5.69 Å². The van der Waals surface area contributed by atoms with E-state index in [1.54, 1.807) is 12.3 Å². The highest BCUT2D eigenvalue weighted by Crippen LogP contribution is 2.31. The normalized spacial score (nSPS) is 17.0. The van der Waals surface area contributed by atoms with E-state index in [0.717, 1.165) is 5.52 Å². The molecule has 1 saturated heterocycles. The van der Waals surface area contributed by atoms with Crippen molar-refractivity contribution in [3.8, 4) is 0 Å². The van der Waals surface area contributed by atoms with E-state index in [-0.39, 0.29) is 18.9 Å². The Bertz CT molecular complexity index is 711. The molecule has 1 fully saturated rings. The first kappa shape index (κ1) is 16.6. The van der Waals surface area contributed by atoms with Crippen LogP contribution in [0, 0.1) is 10.1 Å². The Kier molecular flexibility index (Phi) is 4.93. The monoisotopic (exact) mass is 336 g/mol. The van der Waals surface area contributed by atoms with Crippen LogP contribution in [-0.4, -0.2) is 58.8 Å². The molecule has 0 saturated carbocycles. The van der Waals surface area contributed by atoms with Gasteiger partial charge in [0.25, 0.3) is 5.69 Å². The summed E-state index contributed by atoms with van der Waals surface area (Å²) in [5.74, 6) is 0. The van der Waals surface area contributed by atoms with Gasteiger partial charge < -0.3 is 19.9 Å². The van der Waals surface area contributed by atoms with Crippen LogP contribution in [0.4, 0.5) is 11.4 Å². The van der Waals surface area contributed by atoms with E-state index in [2.05, 4.69) is 15.5 Å². The summed E-state index contributed by atoms with van der Waals surface area (Å²) in [5, 5.41) is 30.9. The highest BCUT2D eigenvalue weighted by molar-refractivity contribution is 5.87. The molecule has 1 aromatic heterocycles. The average Bonchev–Trinajstić information content (AvgIpc) is 3.05. The summed E-state index contributed by atoms with van der Waals surface area (Å²) < 4.78 is 11.2. The van der Waals surface area contributed by atoms with Crippen LogP contribution in [0.1, 0.15) is 12.8 Å². The first-order valence-electron chi connectivity index (χ1n) is 7.81. The number of nitro groups is 1. The zero-order valence-electron chi connectivity index (χ0n) is 13.2. The van der Waals surface area contributed by atoms with Crippen molar-refractivity contribution in [1.29, 1.82) is 0 Å². The maximum absolute atomic E-state index is 11.3. The fourth-order valence-electron chi connectivity index (χ4n) is 2.91. The van der Waals surface area contributed by atoms with Gasteiger partial charge in [0, 0.05) is 44.1 Å². The summed E-state index contributed by atoms with van der Waals surface area (Å²) in [6.07, 6.45) is 2.89. The zero-order valence-corrected chi connectivity index (χ0v) is 13.2. The van der Waals surface area contributed by atoms with Crippen LogP contribution in [0.3, 0.4) is 0 Å². The molecule has 9 nitrogen and oxygen atoms in total. The third-order valence-electron chi connectivity index (χ3n) is 4.26. The molecule has 2 aromatic rings. The molecule has 1 aromatic carbocycles. The van der Waals surface area contributed by atoms with Gasteiger partial charge >= 0.3 is 0 Å². The predicted octanol–water partition coefficient (Wildman–Crippen LogP) is 1.44. The molecular weight excluding hydrogens is 316 g/mol. The lowest BCUT2D eigenvalue weighted by molar-refractivity contribution is -0.383. The standard InChI is InChI=1S/C15H20N4O5/c20-3-6-24-15(1-4-23-5-2-15)10-16-13-8-12-11(9-17-18-12)7-14(13)19(21)22/h7-9,16,20H,1-6,10H2,(H,17,18). The lowest BCUT2D eigenvalue weighted by Gasteiger charge is -2.37. The maximum Gasteiger partial charge on any atom is 0.293 e. The van der Waals surface area contributed by atoms with Crippen molar-refractivity contribution in [2.45, 2.75) is 18.4 Å². The second-order valence-electron chi connectivity index (χ2n) is 5.80. The minimum Gasteiger partial charge on any atom is -0.394 e. The van der Waals surface area contributed by atoms with E-state index < -0.39 is 10.5 Å². The number of benzene rings is 1. The van der Waals surface area contributed by atoms with Crippen LogP contribution < -0.4 is 5.32 Å². The summed E-state index contributed by atoms with van der Waals surface area (Å²) in [6.45, 7) is 1.69. The number of aromatic nitrogens is 2. The Morgan fingerprint density at radius 1 is 1.46 bits per heavy atom. The van der Waals surface area contributed by atoms with Crippen molar-refractivity contribution in [3.05, 3.63) is 28.4 Å². The van der Waals surface area contributed by atoms with Gasteiger partial charge in [-0.1, -0.05) is 0 Å². The van der Waals surface area contributed by atoms with Crippen LogP contribution in [0.5, 0.6) is 0 Å². The van der Waals surface area contributed by atoms with Gasteiger partial charge in [-0.05, 0) is 6.07 Å². The van der Waals surface area contributed by atoms with Crippen molar-refractivity contribution in [2.75, 3.05) is 38.3 Å². The molecule has 3 rings (SSSR count). The van der Waals surface area contributed by atoms with Crippen LogP contribution in [0.15, 0.2) is 18.3 Å². The van der Waals surface area contributed by atoms with Crippen molar-refractivity contribution < 1.29 is 19.5 Å². The number of aromatic amines is 1. The molecule has 0 radical (unpaired) electrons. The molecule has 24 heavy (non-hydrogen) atoms. The van der Waals surface area contributed by atoms with Crippen LogP contribution in [-0.2, 0) is 9.47 Å². The summed E-state index contributed by atoms with van der Waals surface area (Å²) in [5.41, 5.74) is 0.626. The van der Waals surface area contributed by atoms with E-state index in [0.29, 0.717) is 43.7 Å². The fourth-order valence-corrected chi connectivity index (χ4v) is 2.91. The quantitative estimate of drug-likeness (QED) is 0.516. The highest BCUT2D eigenvalue weighted by atomic mass is 16.6. The molecule has 0 amide bonds. The first-order valence-corrected chi connectivity index (χ1v) is 7.81. The lowest BCUT2D eigenvalue weighted by Crippen LogP contribution is -2.45. The average molecular weight is 336 g/mol. The minimum atomic E-state index is -0.502. The second kappa shape index (κ2) is 7.12. The predicted molar refractivity (Wildman–Crippen MR) is 87.1 cm³/mol. The number of nitrogens with zero attached hydrogens (tertiary/aromatic N) is 2. The molecular formula is C15H20N4O5. The number of nitro benzene ring substituents is 1. The van der Waals surface area contributed by atoms with Gasteiger partial charge in [-0.25, -0.2) is 0 Å². The summed E-state index contributed by atoms with van der Waals surface area (Å²) in [7, 11) is 0. The van der Waals surface area contributed by atoms with Gasteiger partial charge in [0.2, 0.25) is 0 Å². The Morgan fingerprint density at radius 2 is 2.25 bits per heavy atom. The van der Waals surface area contributed by atoms with E-state index in [1.165, 1.54) is 6.07 Å². The highest BCUT2D eigenvalue weighted by Gasteiger charge is 2.34. The molecule has 1 aliphatic rings. The Morgan fingerprint density at radius 3 is 2.96 bits per heavy atom. The summed E-state index contributed by atoms with van der Waals surface area (Å²) in [4.78, 5) is 10.9. The number of hydrogen-bond acceptors (Lipinski definition) is 7. The molecule has 0 aliphatic carbocycles. The lowest BCUT2D eigenvalue weighted by atomic mass is 9.93. The van der Waals surface area contributed by atoms with Crippen LogP contribution in [0.2, 0.25) is 0 Å². The number of fused-ring (bicyclic) bond motifs is 1. The van der Waals surface area contributed by atoms with Gasteiger partial charge in [-0.15, -0.1) is 0 Å². The van der Waals surface area contributed by atoms with Crippen molar-refractivity contribution in [3.63, 3.8) is 0 Å². The second-order valence-corrected chi connectivity index (χ2v) is 5.80. The Balaban J connectivity index is 1.82. The molecule has 130 valence electrons. The van der Waals surface area contributed by atoms with Crippen LogP contribution >= 0.6 is 0 Å². The van der Waals surface area contributed by atoms with Crippen molar-refractivity contribution >= 4 is 22.3 Å². The molecule has 2 heterocycles. The first-order chi connectivity index (χ1) is 11.6. The van der Waals surface area contributed by atoms with Gasteiger partial charge in [-0.3, -0.25) is 15.2 Å². The maximum atomic E-state index is 11.3. The Labute approximate surface area is 138 Å². The molecule has 3 N–H and O–H groups in total.